The number of nitrogens with zero attached hydrogens (tertiary/aromatic N) is 1. The van der Waals surface area contributed by atoms with Gasteiger partial charge in [-0.3, -0.25) is 5.10 Å². The zero-order chi connectivity index (χ0) is 12.3. The first-order chi connectivity index (χ1) is 8.16. The third kappa shape index (κ3) is 3.29. The molecule has 0 saturated carbocycles. The van der Waals surface area contributed by atoms with E-state index in [1.807, 2.05) is 13.1 Å². The molecular weight excluding hydrogens is 325 g/mol. The minimum atomic E-state index is 0.348. The summed E-state index contributed by atoms with van der Waals surface area (Å²) < 4.78 is 1.27. The van der Waals surface area contributed by atoms with E-state index in [1.165, 1.54) is 14.7 Å². The van der Waals surface area contributed by atoms with Crippen LogP contribution in [0.3, 0.4) is 0 Å². The Morgan fingerprint density at radius 2 is 2.06 bits per heavy atom. The van der Waals surface area contributed by atoms with Crippen LogP contribution in [0.15, 0.2) is 30.5 Å². The number of H-pyrrole nitrogens is 1. The van der Waals surface area contributed by atoms with Crippen molar-refractivity contribution >= 4 is 22.6 Å². The van der Waals surface area contributed by atoms with Gasteiger partial charge in [-0.05, 0) is 54.1 Å². The Labute approximate surface area is 115 Å². The van der Waals surface area contributed by atoms with Crippen LogP contribution in [0, 0.1) is 10.5 Å². The minimum absolute atomic E-state index is 0.348. The van der Waals surface area contributed by atoms with Crippen LogP contribution >= 0.6 is 22.6 Å². The molecule has 0 saturated heterocycles. The Morgan fingerprint density at radius 1 is 1.35 bits per heavy atom. The molecule has 1 aromatic heterocycles. The molecule has 4 heteroatoms. The van der Waals surface area contributed by atoms with Crippen molar-refractivity contribution < 1.29 is 0 Å². The summed E-state index contributed by atoms with van der Waals surface area (Å²) >= 11 is 2.32. The minimum Gasteiger partial charge on any atom is -0.306 e. The molecule has 2 aromatic rings. The van der Waals surface area contributed by atoms with E-state index < -0.39 is 0 Å². The van der Waals surface area contributed by atoms with Gasteiger partial charge in [-0.15, -0.1) is 0 Å². The quantitative estimate of drug-likeness (QED) is 0.839. The fraction of sp³-hybridized carbons (Fsp3) is 0.308. The Hall–Kier alpha value is -0.880. The Kier molecular flexibility index (Phi) is 4.17. The van der Waals surface area contributed by atoms with E-state index in [4.69, 9.17) is 0 Å². The molecule has 0 aliphatic rings. The summed E-state index contributed by atoms with van der Waals surface area (Å²) in [5, 5.41) is 10.5. The lowest BCUT2D eigenvalue weighted by Crippen LogP contribution is -2.18. The summed E-state index contributed by atoms with van der Waals surface area (Å²) in [5.74, 6) is 0. The number of aryl methyl sites for hydroxylation is 1. The van der Waals surface area contributed by atoms with Crippen molar-refractivity contribution in [2.24, 2.45) is 0 Å². The maximum absolute atomic E-state index is 4.02. The molecule has 0 bridgehead atoms. The maximum atomic E-state index is 4.02. The van der Waals surface area contributed by atoms with E-state index in [2.05, 4.69) is 69.3 Å². The highest BCUT2D eigenvalue weighted by atomic mass is 127. The molecule has 17 heavy (non-hydrogen) atoms. The molecule has 3 nitrogen and oxygen atoms in total. The number of rotatable bonds is 4. The molecule has 1 atom stereocenters. The normalized spacial score (nSPS) is 12.6. The highest BCUT2D eigenvalue weighted by Gasteiger charge is 2.06. The second kappa shape index (κ2) is 5.64. The molecule has 1 unspecified atom stereocenters. The van der Waals surface area contributed by atoms with Crippen LogP contribution in [-0.2, 0) is 6.54 Å². The van der Waals surface area contributed by atoms with E-state index in [-0.39, 0.29) is 0 Å². The third-order valence-corrected chi connectivity index (χ3v) is 3.62. The topological polar surface area (TPSA) is 40.7 Å². The maximum Gasteiger partial charge on any atom is 0.0535 e. The lowest BCUT2D eigenvalue weighted by molar-refractivity contribution is 0.573. The monoisotopic (exact) mass is 341 g/mol. The van der Waals surface area contributed by atoms with Gasteiger partial charge in [0, 0.05) is 27.4 Å². The van der Waals surface area contributed by atoms with Gasteiger partial charge in [0.2, 0.25) is 0 Å². The van der Waals surface area contributed by atoms with Gasteiger partial charge < -0.3 is 5.32 Å². The van der Waals surface area contributed by atoms with Crippen molar-refractivity contribution in [3.63, 3.8) is 0 Å². The van der Waals surface area contributed by atoms with Crippen molar-refractivity contribution in [3.8, 4) is 0 Å². The molecule has 0 fully saturated rings. The van der Waals surface area contributed by atoms with Gasteiger partial charge >= 0.3 is 0 Å². The highest BCUT2D eigenvalue weighted by molar-refractivity contribution is 14.1. The standard InChI is InChI=1S/C13H16IN3/c1-9(11-3-5-13(14)6-4-11)15-7-12-8-16-17-10(12)2/h3-6,8-9,15H,7H2,1-2H3,(H,16,17). The van der Waals surface area contributed by atoms with Crippen LogP contribution in [0.1, 0.15) is 29.8 Å². The first-order valence-corrected chi connectivity index (χ1v) is 6.72. The predicted molar refractivity (Wildman–Crippen MR) is 77.7 cm³/mol. The number of halogens is 1. The number of aromatic amines is 1. The molecule has 90 valence electrons. The van der Waals surface area contributed by atoms with Gasteiger partial charge in [0.1, 0.15) is 0 Å². The second-order valence-electron chi connectivity index (χ2n) is 4.17. The molecule has 0 radical (unpaired) electrons. The van der Waals surface area contributed by atoms with Gasteiger partial charge in [-0.1, -0.05) is 12.1 Å². The zero-order valence-electron chi connectivity index (χ0n) is 10.00. The summed E-state index contributed by atoms with van der Waals surface area (Å²) in [5.41, 5.74) is 3.67. The van der Waals surface area contributed by atoms with Gasteiger partial charge in [-0.25, -0.2) is 0 Å². The second-order valence-corrected chi connectivity index (χ2v) is 5.42. The van der Waals surface area contributed by atoms with Crippen LogP contribution in [-0.4, -0.2) is 10.2 Å². The van der Waals surface area contributed by atoms with Crippen molar-refractivity contribution in [2.75, 3.05) is 0 Å². The number of hydrogen-bond donors (Lipinski definition) is 2. The summed E-state index contributed by atoms with van der Waals surface area (Å²) in [6, 6.07) is 8.96. The molecule has 2 N–H and O–H groups in total. The first-order valence-electron chi connectivity index (χ1n) is 5.64. The Balaban J connectivity index is 1.95. The molecule has 1 heterocycles. The third-order valence-electron chi connectivity index (χ3n) is 2.90. The lowest BCUT2D eigenvalue weighted by Gasteiger charge is -2.14. The predicted octanol–water partition coefficient (Wildman–Crippen LogP) is 3.17. The highest BCUT2D eigenvalue weighted by Crippen LogP contribution is 2.15. The average molecular weight is 341 g/mol. The molecule has 0 amide bonds. The van der Waals surface area contributed by atoms with Crippen LogP contribution in [0.25, 0.3) is 0 Å². The molecule has 0 spiro atoms. The van der Waals surface area contributed by atoms with Crippen molar-refractivity contribution in [2.45, 2.75) is 26.4 Å². The van der Waals surface area contributed by atoms with Gasteiger partial charge in [0.25, 0.3) is 0 Å². The Bertz CT molecular complexity index is 476. The van der Waals surface area contributed by atoms with Crippen LogP contribution in [0.4, 0.5) is 0 Å². The van der Waals surface area contributed by atoms with Crippen LogP contribution in [0.2, 0.25) is 0 Å². The molecular formula is C13H16IN3. The van der Waals surface area contributed by atoms with Gasteiger partial charge in [0.05, 0.1) is 6.20 Å². The van der Waals surface area contributed by atoms with Gasteiger partial charge in [0.15, 0.2) is 0 Å². The number of hydrogen-bond acceptors (Lipinski definition) is 2. The number of aromatic nitrogens is 2. The van der Waals surface area contributed by atoms with Crippen molar-refractivity contribution in [1.29, 1.82) is 0 Å². The summed E-state index contributed by atoms with van der Waals surface area (Å²) in [6.07, 6.45) is 1.88. The molecule has 0 aliphatic heterocycles. The summed E-state index contributed by atoms with van der Waals surface area (Å²) in [4.78, 5) is 0. The Morgan fingerprint density at radius 3 is 2.65 bits per heavy atom. The number of benzene rings is 1. The van der Waals surface area contributed by atoms with Crippen molar-refractivity contribution in [3.05, 3.63) is 50.9 Å². The van der Waals surface area contributed by atoms with E-state index in [9.17, 15) is 0 Å². The van der Waals surface area contributed by atoms with Crippen LogP contribution in [0.5, 0.6) is 0 Å². The fourth-order valence-electron chi connectivity index (χ4n) is 1.69. The van der Waals surface area contributed by atoms with E-state index >= 15 is 0 Å². The van der Waals surface area contributed by atoms with Crippen molar-refractivity contribution in [1.82, 2.24) is 15.5 Å². The molecule has 0 aliphatic carbocycles. The SMILES string of the molecule is Cc1[nH]ncc1CNC(C)c1ccc(I)cc1. The summed E-state index contributed by atoms with van der Waals surface area (Å²) in [6.45, 7) is 5.06. The van der Waals surface area contributed by atoms with E-state index in [0.29, 0.717) is 6.04 Å². The molecule has 1 aromatic carbocycles. The zero-order valence-corrected chi connectivity index (χ0v) is 12.2. The lowest BCUT2D eigenvalue weighted by atomic mass is 10.1. The van der Waals surface area contributed by atoms with E-state index in [0.717, 1.165) is 12.2 Å². The fourth-order valence-corrected chi connectivity index (χ4v) is 2.05. The van der Waals surface area contributed by atoms with Crippen LogP contribution < -0.4 is 5.32 Å². The largest absolute Gasteiger partial charge is 0.306 e. The average Bonchev–Trinajstić information content (AvgIpc) is 2.73. The smallest absolute Gasteiger partial charge is 0.0535 e. The van der Waals surface area contributed by atoms with Gasteiger partial charge in [-0.2, -0.15) is 5.10 Å². The first kappa shape index (κ1) is 12.6. The summed E-state index contributed by atoms with van der Waals surface area (Å²) in [7, 11) is 0. The molecule has 2 rings (SSSR count). The van der Waals surface area contributed by atoms with E-state index in [1.54, 1.807) is 0 Å². The number of nitrogens with one attached hydrogen (secondary N) is 2.